The van der Waals surface area contributed by atoms with Crippen molar-refractivity contribution < 1.29 is 22.7 Å². The van der Waals surface area contributed by atoms with Gasteiger partial charge in [0, 0.05) is 17.9 Å². The van der Waals surface area contributed by atoms with Crippen LogP contribution in [0.4, 0.5) is 13.2 Å². The fourth-order valence-corrected chi connectivity index (χ4v) is 1.99. The summed E-state index contributed by atoms with van der Waals surface area (Å²) in [4.78, 5) is 13.1. The molecule has 0 radical (unpaired) electrons. The molecule has 0 aliphatic rings. The summed E-state index contributed by atoms with van der Waals surface area (Å²) in [6.07, 6.45) is -5.14. The molecule has 0 saturated heterocycles. The number of Topliss-reactive ketones (excluding diaryl/α,β-unsaturated/α-hetero) is 1. The summed E-state index contributed by atoms with van der Waals surface area (Å²) in [6, 6.07) is 3.52. The Labute approximate surface area is 101 Å². The number of alkyl halides is 3. The molecule has 1 heterocycles. The first-order valence-corrected chi connectivity index (χ1v) is 5.94. The standard InChI is InChI=1S/C11H13F3O2S/c1-8-3-4-10(17-8)9(15)7-16-6-2-5-11(12,13)14/h3-4H,2,5-7H2,1H3. The molecular weight excluding hydrogens is 253 g/mol. The van der Waals surface area contributed by atoms with Crippen LogP contribution < -0.4 is 0 Å². The van der Waals surface area contributed by atoms with Gasteiger partial charge in [-0.05, 0) is 25.5 Å². The molecule has 1 aromatic heterocycles. The molecule has 0 fully saturated rings. The average molecular weight is 266 g/mol. The molecule has 96 valence electrons. The number of hydrogen-bond donors (Lipinski definition) is 0. The summed E-state index contributed by atoms with van der Waals surface area (Å²) in [5.41, 5.74) is 0. The van der Waals surface area contributed by atoms with Crippen molar-refractivity contribution in [3.8, 4) is 0 Å². The van der Waals surface area contributed by atoms with Crippen LogP contribution in [-0.4, -0.2) is 25.2 Å². The molecule has 1 rings (SSSR count). The number of halogens is 3. The molecule has 0 aliphatic carbocycles. The first-order valence-electron chi connectivity index (χ1n) is 5.12. The van der Waals surface area contributed by atoms with Crippen molar-refractivity contribution in [2.24, 2.45) is 0 Å². The van der Waals surface area contributed by atoms with E-state index in [1.54, 1.807) is 6.07 Å². The van der Waals surface area contributed by atoms with E-state index in [9.17, 15) is 18.0 Å². The Balaban J connectivity index is 2.17. The number of ether oxygens (including phenoxy) is 1. The van der Waals surface area contributed by atoms with Gasteiger partial charge in [0.25, 0.3) is 0 Å². The molecule has 0 aliphatic heterocycles. The smallest absolute Gasteiger partial charge is 0.373 e. The quantitative estimate of drug-likeness (QED) is 0.581. The highest BCUT2D eigenvalue weighted by atomic mass is 32.1. The predicted octanol–water partition coefficient (Wildman–Crippen LogP) is 3.60. The van der Waals surface area contributed by atoms with Gasteiger partial charge in [0.2, 0.25) is 0 Å². The summed E-state index contributed by atoms with van der Waals surface area (Å²) >= 11 is 1.35. The van der Waals surface area contributed by atoms with Crippen molar-refractivity contribution in [2.75, 3.05) is 13.2 Å². The second-order valence-corrected chi connectivity index (χ2v) is 4.89. The van der Waals surface area contributed by atoms with Gasteiger partial charge in [-0.2, -0.15) is 13.2 Å². The number of ketones is 1. The molecule has 0 spiro atoms. The molecule has 0 unspecified atom stereocenters. The minimum atomic E-state index is -4.15. The third kappa shape index (κ3) is 5.83. The van der Waals surface area contributed by atoms with Crippen LogP contribution in [0.2, 0.25) is 0 Å². The molecule has 17 heavy (non-hydrogen) atoms. The lowest BCUT2D eigenvalue weighted by atomic mass is 10.3. The monoisotopic (exact) mass is 266 g/mol. The van der Waals surface area contributed by atoms with E-state index in [0.717, 1.165) is 4.88 Å². The molecule has 0 N–H and O–H groups in total. The largest absolute Gasteiger partial charge is 0.389 e. The van der Waals surface area contributed by atoms with Gasteiger partial charge in [-0.25, -0.2) is 0 Å². The van der Waals surface area contributed by atoms with Gasteiger partial charge in [0.05, 0.1) is 4.88 Å². The summed E-state index contributed by atoms with van der Waals surface area (Å²) in [6.45, 7) is 1.68. The zero-order valence-corrected chi connectivity index (χ0v) is 10.2. The summed E-state index contributed by atoms with van der Waals surface area (Å²) in [5.74, 6) is -0.185. The Morgan fingerprint density at radius 2 is 2.12 bits per heavy atom. The van der Waals surface area contributed by atoms with Crippen LogP contribution in [0, 0.1) is 6.92 Å². The van der Waals surface area contributed by atoms with Crippen molar-refractivity contribution in [3.05, 3.63) is 21.9 Å². The van der Waals surface area contributed by atoms with Gasteiger partial charge in [0.1, 0.15) is 6.61 Å². The summed E-state index contributed by atoms with van der Waals surface area (Å²) in [7, 11) is 0. The van der Waals surface area contributed by atoms with Gasteiger partial charge in [-0.3, -0.25) is 4.79 Å². The van der Waals surface area contributed by atoms with E-state index in [1.165, 1.54) is 11.3 Å². The van der Waals surface area contributed by atoms with E-state index in [-0.39, 0.29) is 25.4 Å². The van der Waals surface area contributed by atoms with Gasteiger partial charge in [-0.15, -0.1) is 11.3 Å². The number of rotatable bonds is 6. The molecular formula is C11H13F3O2S. The van der Waals surface area contributed by atoms with Gasteiger partial charge < -0.3 is 4.74 Å². The summed E-state index contributed by atoms with van der Waals surface area (Å²) < 4.78 is 40.3. The van der Waals surface area contributed by atoms with E-state index in [2.05, 4.69) is 0 Å². The van der Waals surface area contributed by atoms with Gasteiger partial charge in [0.15, 0.2) is 5.78 Å². The van der Waals surface area contributed by atoms with Gasteiger partial charge in [-0.1, -0.05) is 0 Å². The molecule has 0 aromatic carbocycles. The Bertz CT molecular complexity index is 371. The highest BCUT2D eigenvalue weighted by Crippen LogP contribution is 2.21. The highest BCUT2D eigenvalue weighted by molar-refractivity contribution is 7.14. The van der Waals surface area contributed by atoms with Gasteiger partial charge >= 0.3 is 6.18 Å². The Morgan fingerprint density at radius 1 is 1.41 bits per heavy atom. The molecule has 0 atom stereocenters. The topological polar surface area (TPSA) is 26.3 Å². The van der Waals surface area contributed by atoms with E-state index in [1.807, 2.05) is 13.0 Å². The van der Waals surface area contributed by atoms with E-state index in [0.29, 0.717) is 4.88 Å². The van der Waals surface area contributed by atoms with Crippen LogP contribution in [0.25, 0.3) is 0 Å². The molecule has 0 bridgehead atoms. The lowest BCUT2D eigenvalue weighted by molar-refractivity contribution is -0.137. The number of thiophene rings is 1. The first-order chi connectivity index (χ1) is 7.88. The average Bonchev–Trinajstić information content (AvgIpc) is 2.62. The van der Waals surface area contributed by atoms with Crippen molar-refractivity contribution in [1.29, 1.82) is 0 Å². The maximum Gasteiger partial charge on any atom is 0.389 e. The van der Waals surface area contributed by atoms with Crippen LogP contribution in [-0.2, 0) is 4.74 Å². The van der Waals surface area contributed by atoms with Crippen molar-refractivity contribution in [1.82, 2.24) is 0 Å². The number of carbonyl (C=O) groups is 1. The van der Waals surface area contributed by atoms with Crippen LogP contribution in [0.1, 0.15) is 27.4 Å². The molecule has 6 heteroatoms. The lowest BCUT2D eigenvalue weighted by Crippen LogP contribution is -2.12. The van der Waals surface area contributed by atoms with E-state index in [4.69, 9.17) is 4.74 Å². The Morgan fingerprint density at radius 3 is 2.65 bits per heavy atom. The number of carbonyl (C=O) groups excluding carboxylic acids is 1. The zero-order valence-electron chi connectivity index (χ0n) is 9.34. The molecule has 0 saturated carbocycles. The van der Waals surface area contributed by atoms with Crippen LogP contribution in [0.15, 0.2) is 12.1 Å². The highest BCUT2D eigenvalue weighted by Gasteiger charge is 2.25. The lowest BCUT2D eigenvalue weighted by Gasteiger charge is -2.05. The minimum absolute atomic E-state index is 0.0460. The first kappa shape index (κ1) is 14.2. The van der Waals surface area contributed by atoms with Crippen LogP contribution >= 0.6 is 11.3 Å². The number of hydrogen-bond acceptors (Lipinski definition) is 3. The van der Waals surface area contributed by atoms with Crippen molar-refractivity contribution >= 4 is 17.1 Å². The second-order valence-electron chi connectivity index (χ2n) is 3.60. The molecule has 1 aromatic rings. The van der Waals surface area contributed by atoms with Crippen LogP contribution in [0.3, 0.4) is 0 Å². The Hall–Kier alpha value is -0.880. The zero-order chi connectivity index (χ0) is 12.9. The molecule has 0 amide bonds. The van der Waals surface area contributed by atoms with E-state index < -0.39 is 12.6 Å². The van der Waals surface area contributed by atoms with Crippen LogP contribution in [0.5, 0.6) is 0 Å². The predicted molar refractivity (Wildman–Crippen MR) is 59.5 cm³/mol. The van der Waals surface area contributed by atoms with E-state index >= 15 is 0 Å². The maximum atomic E-state index is 11.8. The SMILES string of the molecule is Cc1ccc(C(=O)COCCCC(F)(F)F)s1. The van der Waals surface area contributed by atoms with Crippen molar-refractivity contribution in [3.63, 3.8) is 0 Å². The fourth-order valence-electron chi connectivity index (χ4n) is 1.20. The minimum Gasteiger partial charge on any atom is -0.373 e. The Kier molecular flexibility index (Phi) is 5.14. The summed E-state index contributed by atoms with van der Waals surface area (Å²) in [5, 5.41) is 0. The fraction of sp³-hybridized carbons (Fsp3) is 0.545. The normalized spacial score (nSPS) is 11.8. The number of aryl methyl sites for hydroxylation is 1. The molecule has 2 nitrogen and oxygen atoms in total. The second kappa shape index (κ2) is 6.16. The third-order valence-corrected chi connectivity index (χ3v) is 3.04. The third-order valence-electron chi connectivity index (χ3n) is 2.00. The maximum absolute atomic E-state index is 11.8. The van der Waals surface area contributed by atoms with Crippen molar-refractivity contribution in [2.45, 2.75) is 25.9 Å².